The molecule has 0 amide bonds. The fourth-order valence-corrected chi connectivity index (χ4v) is 1.89. The van der Waals surface area contributed by atoms with Crippen molar-refractivity contribution in [3.05, 3.63) is 11.7 Å². The Balaban J connectivity index is 1.98. The average molecular weight is 239 g/mol. The minimum Gasteiger partial charge on any atom is -0.378 e. The largest absolute Gasteiger partial charge is 0.378 e. The number of hydrogen-bond donors (Lipinski definition) is 1. The van der Waals surface area contributed by atoms with Crippen LogP contribution in [-0.4, -0.2) is 22.9 Å². The Morgan fingerprint density at radius 1 is 1.47 bits per heavy atom. The average Bonchev–Trinajstić information content (AvgIpc) is 2.80. The molecule has 1 aliphatic rings. The monoisotopic (exact) mass is 239 g/mol. The molecule has 1 aliphatic heterocycles. The first kappa shape index (κ1) is 12.5. The molecule has 1 saturated heterocycles. The molecule has 0 saturated carbocycles. The molecule has 2 unspecified atom stereocenters. The van der Waals surface area contributed by atoms with Crippen LogP contribution in [-0.2, 0) is 16.7 Å². The van der Waals surface area contributed by atoms with Gasteiger partial charge in [0.05, 0.1) is 18.1 Å². The number of nitrogens with zero attached hydrogens (tertiary/aromatic N) is 2. The lowest BCUT2D eigenvalue weighted by molar-refractivity contribution is 0.0124. The Kier molecular flexibility index (Phi) is 3.79. The Labute approximate surface area is 102 Å². The summed E-state index contributed by atoms with van der Waals surface area (Å²) in [5.74, 6) is 1.22. The van der Waals surface area contributed by atoms with Crippen LogP contribution in [0.3, 0.4) is 0 Å². The molecule has 0 bridgehead atoms. The summed E-state index contributed by atoms with van der Waals surface area (Å²) in [4.78, 5) is 4.36. The lowest BCUT2D eigenvalue weighted by Gasteiger charge is -2.20. The highest BCUT2D eigenvalue weighted by Crippen LogP contribution is 2.20. The smallest absolute Gasteiger partial charge is 0.229 e. The van der Waals surface area contributed by atoms with Crippen LogP contribution in [0, 0.1) is 0 Å². The van der Waals surface area contributed by atoms with Gasteiger partial charge in [-0.05, 0) is 32.6 Å². The summed E-state index contributed by atoms with van der Waals surface area (Å²) in [5.41, 5.74) is 5.56. The fourth-order valence-electron chi connectivity index (χ4n) is 1.89. The van der Waals surface area contributed by atoms with Crippen molar-refractivity contribution in [2.24, 2.45) is 5.73 Å². The molecule has 1 aromatic rings. The van der Waals surface area contributed by atoms with E-state index in [0.29, 0.717) is 18.1 Å². The first-order chi connectivity index (χ1) is 8.12. The van der Waals surface area contributed by atoms with E-state index in [-0.39, 0.29) is 6.10 Å². The summed E-state index contributed by atoms with van der Waals surface area (Å²) in [6.45, 7) is 4.77. The van der Waals surface area contributed by atoms with E-state index in [4.69, 9.17) is 15.0 Å². The zero-order valence-electron chi connectivity index (χ0n) is 10.6. The second-order valence-corrected chi connectivity index (χ2v) is 4.98. The first-order valence-electron chi connectivity index (χ1n) is 6.35. The van der Waals surface area contributed by atoms with E-state index in [1.54, 1.807) is 0 Å². The topological polar surface area (TPSA) is 74.2 Å². The molecule has 0 aromatic carbocycles. The molecule has 2 atom stereocenters. The van der Waals surface area contributed by atoms with Gasteiger partial charge in [-0.3, -0.25) is 0 Å². The SMILES string of the molecule is CCC(C)(N)c1noc(CC2CCCCO2)n1. The van der Waals surface area contributed by atoms with Gasteiger partial charge in [-0.25, -0.2) is 0 Å². The van der Waals surface area contributed by atoms with Crippen LogP contribution in [0.15, 0.2) is 4.52 Å². The normalized spacial score (nSPS) is 24.5. The summed E-state index contributed by atoms with van der Waals surface area (Å²) in [6, 6.07) is 0. The molecule has 2 N–H and O–H groups in total. The first-order valence-corrected chi connectivity index (χ1v) is 6.35. The predicted molar refractivity (Wildman–Crippen MR) is 63.4 cm³/mol. The molecule has 96 valence electrons. The zero-order chi connectivity index (χ0) is 12.3. The second kappa shape index (κ2) is 5.14. The lowest BCUT2D eigenvalue weighted by Crippen LogP contribution is -2.33. The van der Waals surface area contributed by atoms with Gasteiger partial charge in [0, 0.05) is 6.61 Å². The quantitative estimate of drug-likeness (QED) is 0.866. The molecule has 1 aromatic heterocycles. The summed E-state index contributed by atoms with van der Waals surface area (Å²) in [5, 5.41) is 3.96. The van der Waals surface area contributed by atoms with E-state index in [1.165, 1.54) is 6.42 Å². The van der Waals surface area contributed by atoms with Crippen molar-refractivity contribution in [2.45, 2.75) is 57.6 Å². The van der Waals surface area contributed by atoms with Crippen molar-refractivity contribution in [3.63, 3.8) is 0 Å². The van der Waals surface area contributed by atoms with E-state index in [0.717, 1.165) is 25.9 Å². The molecule has 0 spiro atoms. The molecule has 5 heteroatoms. The van der Waals surface area contributed by atoms with Gasteiger partial charge in [0.2, 0.25) is 5.89 Å². The number of aromatic nitrogens is 2. The third kappa shape index (κ3) is 3.04. The van der Waals surface area contributed by atoms with Crippen LogP contribution < -0.4 is 5.73 Å². The molecule has 17 heavy (non-hydrogen) atoms. The van der Waals surface area contributed by atoms with Crippen molar-refractivity contribution in [1.82, 2.24) is 10.1 Å². The molecular weight excluding hydrogens is 218 g/mol. The summed E-state index contributed by atoms with van der Waals surface area (Å²) in [6.07, 6.45) is 5.16. The number of ether oxygens (including phenoxy) is 1. The van der Waals surface area contributed by atoms with E-state index >= 15 is 0 Å². The van der Waals surface area contributed by atoms with E-state index < -0.39 is 5.54 Å². The minimum atomic E-state index is -0.505. The summed E-state index contributed by atoms with van der Waals surface area (Å²) in [7, 11) is 0. The Hall–Kier alpha value is -0.940. The van der Waals surface area contributed by atoms with Gasteiger partial charge < -0.3 is 15.0 Å². The van der Waals surface area contributed by atoms with Gasteiger partial charge in [0.15, 0.2) is 5.82 Å². The van der Waals surface area contributed by atoms with E-state index in [2.05, 4.69) is 10.1 Å². The maximum absolute atomic E-state index is 6.07. The Morgan fingerprint density at radius 2 is 2.29 bits per heavy atom. The van der Waals surface area contributed by atoms with Crippen LogP contribution in [0.4, 0.5) is 0 Å². The molecule has 0 aliphatic carbocycles. The van der Waals surface area contributed by atoms with E-state index in [9.17, 15) is 0 Å². The van der Waals surface area contributed by atoms with Crippen molar-refractivity contribution in [3.8, 4) is 0 Å². The second-order valence-electron chi connectivity index (χ2n) is 4.98. The zero-order valence-corrected chi connectivity index (χ0v) is 10.6. The number of nitrogens with two attached hydrogens (primary N) is 1. The number of rotatable bonds is 4. The fraction of sp³-hybridized carbons (Fsp3) is 0.833. The predicted octanol–water partition coefficient (Wildman–Crippen LogP) is 1.77. The standard InChI is InChI=1S/C12H21N3O2/c1-3-12(2,13)11-14-10(17-15-11)8-9-6-4-5-7-16-9/h9H,3-8,13H2,1-2H3. The van der Waals surface area contributed by atoms with Crippen molar-refractivity contribution >= 4 is 0 Å². The van der Waals surface area contributed by atoms with Gasteiger partial charge in [0.25, 0.3) is 0 Å². The molecule has 2 rings (SSSR count). The summed E-state index contributed by atoms with van der Waals surface area (Å²) < 4.78 is 10.9. The highest BCUT2D eigenvalue weighted by Gasteiger charge is 2.26. The lowest BCUT2D eigenvalue weighted by atomic mass is 10.00. The molecule has 0 radical (unpaired) electrons. The molecule has 1 fully saturated rings. The Morgan fingerprint density at radius 3 is 2.94 bits per heavy atom. The highest BCUT2D eigenvalue weighted by molar-refractivity contribution is 5.01. The van der Waals surface area contributed by atoms with E-state index in [1.807, 2.05) is 13.8 Å². The highest BCUT2D eigenvalue weighted by atomic mass is 16.5. The van der Waals surface area contributed by atoms with Gasteiger partial charge in [-0.1, -0.05) is 12.1 Å². The van der Waals surface area contributed by atoms with Crippen molar-refractivity contribution in [2.75, 3.05) is 6.61 Å². The van der Waals surface area contributed by atoms with Gasteiger partial charge in [0.1, 0.15) is 0 Å². The van der Waals surface area contributed by atoms with Crippen LogP contribution in [0.25, 0.3) is 0 Å². The van der Waals surface area contributed by atoms with Crippen LogP contribution in [0.5, 0.6) is 0 Å². The maximum Gasteiger partial charge on any atom is 0.229 e. The summed E-state index contributed by atoms with van der Waals surface area (Å²) >= 11 is 0. The molecule has 5 nitrogen and oxygen atoms in total. The van der Waals surface area contributed by atoms with Crippen molar-refractivity contribution < 1.29 is 9.26 Å². The van der Waals surface area contributed by atoms with Gasteiger partial charge in [-0.2, -0.15) is 4.98 Å². The van der Waals surface area contributed by atoms with Crippen LogP contribution in [0.2, 0.25) is 0 Å². The molecular formula is C12H21N3O2. The van der Waals surface area contributed by atoms with Crippen molar-refractivity contribution in [1.29, 1.82) is 0 Å². The minimum absolute atomic E-state index is 0.225. The molecule has 2 heterocycles. The van der Waals surface area contributed by atoms with Crippen LogP contribution in [0.1, 0.15) is 51.2 Å². The third-order valence-electron chi connectivity index (χ3n) is 3.39. The third-order valence-corrected chi connectivity index (χ3v) is 3.39. The van der Waals surface area contributed by atoms with Crippen LogP contribution >= 0.6 is 0 Å². The van der Waals surface area contributed by atoms with Gasteiger partial charge in [-0.15, -0.1) is 0 Å². The Bertz CT molecular complexity index is 356. The number of hydrogen-bond acceptors (Lipinski definition) is 5. The maximum atomic E-state index is 6.07. The van der Waals surface area contributed by atoms with Gasteiger partial charge >= 0.3 is 0 Å².